The van der Waals surface area contributed by atoms with Crippen LogP contribution < -0.4 is 0 Å². The standard InChI is InChI=1S/C17H26N4O6S/c1-10-15(19-18-14-8-3-2-7-13(14)17(23)24)16(22)21(20-10)11-5-4-6-12(9-11)28(25,26)27/h11-15H,2-9H2,1H3,(H,23,24)(H,25,26,27). The number of rotatable bonds is 5. The number of nitrogens with zero attached hydrogens (tertiary/aromatic N) is 4. The van der Waals surface area contributed by atoms with E-state index in [9.17, 15) is 27.7 Å². The predicted molar refractivity (Wildman–Crippen MR) is 99.6 cm³/mol. The predicted octanol–water partition coefficient (Wildman–Crippen LogP) is 1.87. The fourth-order valence-corrected chi connectivity index (χ4v) is 5.21. The summed E-state index contributed by atoms with van der Waals surface area (Å²) < 4.78 is 32.2. The van der Waals surface area contributed by atoms with Gasteiger partial charge in [-0.25, -0.2) is 5.01 Å². The molecule has 0 aromatic heterocycles. The maximum atomic E-state index is 12.8. The highest BCUT2D eigenvalue weighted by atomic mass is 32.2. The zero-order valence-corrected chi connectivity index (χ0v) is 16.6. The number of amides is 1. The summed E-state index contributed by atoms with van der Waals surface area (Å²) >= 11 is 0. The van der Waals surface area contributed by atoms with Crippen LogP contribution in [0.3, 0.4) is 0 Å². The Morgan fingerprint density at radius 3 is 2.54 bits per heavy atom. The van der Waals surface area contributed by atoms with Gasteiger partial charge in [-0.05, 0) is 45.4 Å². The van der Waals surface area contributed by atoms with E-state index in [1.54, 1.807) is 6.92 Å². The summed E-state index contributed by atoms with van der Waals surface area (Å²) in [6.07, 6.45) is 4.57. The third-order valence-corrected chi connectivity index (χ3v) is 7.13. The first kappa shape index (κ1) is 20.8. The number of hydrazone groups is 1. The van der Waals surface area contributed by atoms with Crippen molar-refractivity contribution in [3.8, 4) is 0 Å². The van der Waals surface area contributed by atoms with Crippen LogP contribution >= 0.6 is 0 Å². The van der Waals surface area contributed by atoms with Gasteiger partial charge in [0.15, 0.2) is 6.04 Å². The first-order valence-electron chi connectivity index (χ1n) is 9.65. The Kier molecular flexibility index (Phi) is 6.13. The van der Waals surface area contributed by atoms with Gasteiger partial charge < -0.3 is 5.11 Å². The molecule has 2 N–H and O–H groups in total. The van der Waals surface area contributed by atoms with Crippen LogP contribution in [0.25, 0.3) is 0 Å². The third kappa shape index (κ3) is 4.40. The molecule has 3 aliphatic rings. The molecule has 10 nitrogen and oxygen atoms in total. The van der Waals surface area contributed by atoms with E-state index < -0.39 is 45.4 Å². The number of hydrogen-bond donors (Lipinski definition) is 2. The Hall–Kier alpha value is -1.88. The number of carbonyl (C=O) groups excluding carboxylic acids is 1. The average Bonchev–Trinajstić information content (AvgIpc) is 2.93. The molecule has 1 heterocycles. The second-order valence-corrected chi connectivity index (χ2v) is 9.51. The molecule has 2 fully saturated rings. The van der Waals surface area contributed by atoms with Crippen molar-refractivity contribution in [1.29, 1.82) is 0 Å². The highest BCUT2D eigenvalue weighted by molar-refractivity contribution is 7.86. The molecule has 11 heteroatoms. The van der Waals surface area contributed by atoms with Gasteiger partial charge in [-0.2, -0.15) is 23.7 Å². The number of azo groups is 1. The molecule has 0 aromatic rings. The largest absolute Gasteiger partial charge is 0.481 e. The number of hydrogen-bond acceptors (Lipinski definition) is 7. The molecule has 5 atom stereocenters. The quantitative estimate of drug-likeness (QED) is 0.518. The summed E-state index contributed by atoms with van der Waals surface area (Å²) in [5.41, 5.74) is 0.449. The van der Waals surface area contributed by atoms with Gasteiger partial charge in [-0.1, -0.05) is 12.8 Å². The van der Waals surface area contributed by atoms with Crippen LogP contribution in [0, 0.1) is 5.92 Å². The molecule has 2 aliphatic carbocycles. The molecule has 3 rings (SSSR count). The van der Waals surface area contributed by atoms with Crippen molar-refractivity contribution in [1.82, 2.24) is 5.01 Å². The normalized spacial score (nSPS) is 34.6. The van der Waals surface area contributed by atoms with Crippen LogP contribution in [0.5, 0.6) is 0 Å². The second-order valence-electron chi connectivity index (χ2n) is 7.81. The summed E-state index contributed by atoms with van der Waals surface area (Å²) in [4.78, 5) is 24.2. The maximum Gasteiger partial charge on any atom is 0.308 e. The van der Waals surface area contributed by atoms with Crippen molar-refractivity contribution in [2.45, 2.75) is 81.7 Å². The van der Waals surface area contributed by atoms with E-state index in [4.69, 9.17) is 0 Å². The molecule has 156 valence electrons. The van der Waals surface area contributed by atoms with Gasteiger partial charge >= 0.3 is 5.97 Å². The topological polar surface area (TPSA) is 149 Å². The van der Waals surface area contributed by atoms with Crippen LogP contribution in [-0.2, 0) is 19.7 Å². The molecule has 2 saturated carbocycles. The molecular weight excluding hydrogens is 388 g/mol. The lowest BCUT2D eigenvalue weighted by Crippen LogP contribution is -2.43. The molecule has 0 aromatic carbocycles. The van der Waals surface area contributed by atoms with Crippen LogP contribution in [0.1, 0.15) is 58.3 Å². The summed E-state index contributed by atoms with van der Waals surface area (Å²) in [5.74, 6) is -1.87. The SMILES string of the molecule is CC1=NN(C2CCCC(S(=O)(=O)O)C2)C(=O)C1N=NC1CCCCC1C(=O)O. The lowest BCUT2D eigenvalue weighted by atomic mass is 9.85. The molecular formula is C17H26N4O6S. The van der Waals surface area contributed by atoms with E-state index in [1.165, 1.54) is 5.01 Å². The van der Waals surface area contributed by atoms with Crippen molar-refractivity contribution < 1.29 is 27.7 Å². The van der Waals surface area contributed by atoms with Crippen LogP contribution in [0.15, 0.2) is 15.3 Å². The minimum atomic E-state index is -4.16. The molecule has 0 radical (unpaired) electrons. The zero-order chi connectivity index (χ0) is 20.5. The van der Waals surface area contributed by atoms with Gasteiger partial charge in [0.2, 0.25) is 0 Å². The Labute approximate surface area is 163 Å². The van der Waals surface area contributed by atoms with Crippen LogP contribution in [0.4, 0.5) is 0 Å². The average molecular weight is 414 g/mol. The molecule has 0 spiro atoms. The van der Waals surface area contributed by atoms with Crippen molar-refractivity contribution >= 4 is 27.7 Å². The van der Waals surface area contributed by atoms with E-state index in [-0.39, 0.29) is 12.3 Å². The van der Waals surface area contributed by atoms with E-state index in [2.05, 4.69) is 15.3 Å². The summed E-state index contributed by atoms with van der Waals surface area (Å²) in [7, 11) is -4.16. The van der Waals surface area contributed by atoms with Gasteiger partial charge in [0, 0.05) is 0 Å². The minimum absolute atomic E-state index is 0.134. The second kappa shape index (κ2) is 8.24. The minimum Gasteiger partial charge on any atom is -0.481 e. The van der Waals surface area contributed by atoms with Gasteiger partial charge in [0.1, 0.15) is 0 Å². The van der Waals surface area contributed by atoms with Crippen molar-refractivity contribution in [2.75, 3.05) is 0 Å². The van der Waals surface area contributed by atoms with E-state index in [0.29, 0.717) is 37.8 Å². The van der Waals surface area contributed by atoms with Crippen molar-refractivity contribution in [3.05, 3.63) is 0 Å². The monoisotopic (exact) mass is 414 g/mol. The van der Waals surface area contributed by atoms with Gasteiger partial charge in [-0.15, -0.1) is 0 Å². The number of aliphatic carboxylic acids is 1. The number of carbonyl (C=O) groups is 2. The summed E-state index contributed by atoms with van der Waals surface area (Å²) in [6, 6.07) is -1.76. The van der Waals surface area contributed by atoms with Crippen molar-refractivity contribution in [3.63, 3.8) is 0 Å². The molecule has 0 bridgehead atoms. The first-order chi connectivity index (χ1) is 13.2. The fourth-order valence-electron chi connectivity index (χ4n) is 4.28. The van der Waals surface area contributed by atoms with Gasteiger partial charge in [-0.3, -0.25) is 14.1 Å². The molecule has 5 unspecified atom stereocenters. The summed E-state index contributed by atoms with van der Waals surface area (Å²) in [5, 5.41) is 22.3. The Bertz CT molecular complexity index is 795. The highest BCUT2D eigenvalue weighted by Gasteiger charge is 2.42. The van der Waals surface area contributed by atoms with E-state index in [0.717, 1.165) is 12.8 Å². The first-order valence-corrected chi connectivity index (χ1v) is 11.2. The van der Waals surface area contributed by atoms with Crippen LogP contribution in [-0.4, -0.2) is 64.0 Å². The molecule has 0 saturated heterocycles. The van der Waals surface area contributed by atoms with Crippen molar-refractivity contribution in [2.24, 2.45) is 21.2 Å². The van der Waals surface area contributed by atoms with E-state index in [1.807, 2.05) is 0 Å². The van der Waals surface area contributed by atoms with E-state index >= 15 is 0 Å². The fraction of sp³-hybridized carbons (Fsp3) is 0.824. The zero-order valence-electron chi connectivity index (χ0n) is 15.8. The highest BCUT2D eigenvalue weighted by Crippen LogP contribution is 2.31. The Morgan fingerprint density at radius 1 is 1.14 bits per heavy atom. The lowest BCUT2D eigenvalue weighted by molar-refractivity contribution is -0.143. The molecule has 28 heavy (non-hydrogen) atoms. The Balaban J connectivity index is 1.69. The maximum absolute atomic E-state index is 12.8. The smallest absolute Gasteiger partial charge is 0.308 e. The number of carboxylic acids is 1. The van der Waals surface area contributed by atoms with Crippen LogP contribution in [0.2, 0.25) is 0 Å². The van der Waals surface area contributed by atoms with Gasteiger partial charge in [0.05, 0.1) is 29.0 Å². The Morgan fingerprint density at radius 2 is 1.86 bits per heavy atom. The molecule has 1 amide bonds. The number of carboxylic acid groups (broad SMARTS) is 1. The molecule has 1 aliphatic heterocycles. The summed E-state index contributed by atoms with van der Waals surface area (Å²) in [6.45, 7) is 1.65. The van der Waals surface area contributed by atoms with Gasteiger partial charge in [0.25, 0.3) is 16.0 Å². The lowest BCUT2D eigenvalue weighted by Gasteiger charge is -2.31. The third-order valence-electron chi connectivity index (χ3n) is 5.86.